The maximum absolute atomic E-state index is 13.6. The molecular weight excluding hydrogens is 415 g/mol. The van der Waals surface area contributed by atoms with E-state index in [-0.39, 0.29) is 26.0 Å². The Morgan fingerprint density at radius 2 is 1.97 bits per heavy atom. The fourth-order valence-electron chi connectivity index (χ4n) is 3.86. The van der Waals surface area contributed by atoms with Gasteiger partial charge in [-0.1, -0.05) is 6.07 Å². The molecule has 1 aromatic carbocycles. The van der Waals surface area contributed by atoms with Crippen LogP contribution in [0, 0.1) is 31.6 Å². The standard InChI is InChI=1S/C22H28F3NO5/c1-13-6-7-15(11-14(13)2)26-12-17-16(5-4-9-31-10-8-18(27)28)21(30-3)19(20(17)29)22(23,24)25/h4,6-7,9,11,16-17,19,21,26H,5,8,10,12H2,1-3H3,(H,27,28)/t16-,17-,19?,21?/m1/s1. The molecule has 6 nitrogen and oxygen atoms in total. The van der Waals surface area contributed by atoms with Gasteiger partial charge in [0.2, 0.25) is 0 Å². The van der Waals surface area contributed by atoms with E-state index in [0.29, 0.717) is 0 Å². The first-order chi connectivity index (χ1) is 14.6. The SMILES string of the molecule is COC1C(C(F)(F)F)C(=O)[C@H](CNc2ccc(C)c(C)c2)[C@H]1CC=COCCC(=O)O. The van der Waals surface area contributed by atoms with E-state index < -0.39 is 41.8 Å². The minimum Gasteiger partial charge on any atom is -0.501 e. The van der Waals surface area contributed by atoms with Gasteiger partial charge in [0.15, 0.2) is 5.78 Å². The molecular formula is C22H28F3NO5. The molecule has 172 valence electrons. The third-order valence-corrected chi connectivity index (χ3v) is 5.63. The van der Waals surface area contributed by atoms with Crippen molar-refractivity contribution < 1.29 is 37.3 Å². The number of methoxy groups -OCH3 is 1. The maximum atomic E-state index is 13.6. The number of benzene rings is 1. The zero-order chi connectivity index (χ0) is 23.2. The molecule has 1 aromatic rings. The van der Waals surface area contributed by atoms with Crippen LogP contribution in [0.1, 0.15) is 24.0 Å². The smallest absolute Gasteiger partial charge is 0.401 e. The number of aliphatic carboxylic acids is 1. The first-order valence-corrected chi connectivity index (χ1v) is 9.99. The summed E-state index contributed by atoms with van der Waals surface area (Å²) < 4.78 is 51.0. The van der Waals surface area contributed by atoms with Crippen molar-refractivity contribution in [3.8, 4) is 0 Å². The van der Waals surface area contributed by atoms with E-state index in [1.807, 2.05) is 32.0 Å². The van der Waals surface area contributed by atoms with Gasteiger partial charge in [-0.3, -0.25) is 9.59 Å². The Morgan fingerprint density at radius 3 is 2.55 bits per heavy atom. The summed E-state index contributed by atoms with van der Waals surface area (Å²) in [5.74, 6) is -5.69. The number of anilines is 1. The number of rotatable bonds is 10. The summed E-state index contributed by atoms with van der Waals surface area (Å²) in [6, 6.07) is 5.61. The number of halogens is 3. The van der Waals surface area contributed by atoms with Gasteiger partial charge >= 0.3 is 12.1 Å². The van der Waals surface area contributed by atoms with Gasteiger partial charge in [-0.15, -0.1) is 0 Å². The molecule has 31 heavy (non-hydrogen) atoms. The maximum Gasteiger partial charge on any atom is 0.401 e. The fourth-order valence-corrected chi connectivity index (χ4v) is 3.86. The molecule has 4 atom stereocenters. The lowest BCUT2D eigenvalue weighted by Gasteiger charge is -2.24. The number of alkyl halides is 3. The molecule has 0 aromatic heterocycles. The first-order valence-electron chi connectivity index (χ1n) is 9.99. The van der Waals surface area contributed by atoms with Crippen LogP contribution in [-0.4, -0.2) is 49.4 Å². The normalized spacial score (nSPS) is 24.0. The summed E-state index contributed by atoms with van der Waals surface area (Å²) in [6.45, 7) is 3.88. The molecule has 2 unspecified atom stereocenters. The number of carboxylic acid groups (broad SMARTS) is 1. The highest BCUT2D eigenvalue weighted by Crippen LogP contribution is 2.45. The largest absolute Gasteiger partial charge is 0.501 e. The quantitative estimate of drug-likeness (QED) is 0.418. The van der Waals surface area contributed by atoms with Crippen LogP contribution in [0.2, 0.25) is 0 Å². The van der Waals surface area contributed by atoms with E-state index in [2.05, 4.69) is 5.32 Å². The zero-order valence-electron chi connectivity index (χ0n) is 17.7. The summed E-state index contributed by atoms with van der Waals surface area (Å²) in [7, 11) is 1.18. The van der Waals surface area contributed by atoms with Crippen molar-refractivity contribution in [2.45, 2.75) is 39.0 Å². The second kappa shape index (κ2) is 10.7. The van der Waals surface area contributed by atoms with Crippen LogP contribution in [0.25, 0.3) is 0 Å². The van der Waals surface area contributed by atoms with Crippen molar-refractivity contribution in [1.82, 2.24) is 0 Å². The number of aryl methyl sites for hydroxylation is 2. The second-order valence-electron chi connectivity index (χ2n) is 7.69. The molecule has 2 N–H and O–H groups in total. The van der Waals surface area contributed by atoms with Crippen LogP contribution in [-0.2, 0) is 19.1 Å². The van der Waals surface area contributed by atoms with Gasteiger partial charge in [0.25, 0.3) is 0 Å². The number of carboxylic acids is 1. The molecule has 0 saturated heterocycles. The lowest BCUT2D eigenvalue weighted by molar-refractivity contribution is -0.199. The minimum atomic E-state index is -4.70. The summed E-state index contributed by atoms with van der Waals surface area (Å²) in [4.78, 5) is 23.2. The van der Waals surface area contributed by atoms with Crippen LogP contribution in [0.3, 0.4) is 0 Å². The van der Waals surface area contributed by atoms with Gasteiger partial charge in [-0.2, -0.15) is 13.2 Å². The highest BCUT2D eigenvalue weighted by Gasteiger charge is 2.60. The van der Waals surface area contributed by atoms with Crippen molar-refractivity contribution in [3.05, 3.63) is 41.7 Å². The van der Waals surface area contributed by atoms with Crippen molar-refractivity contribution in [2.75, 3.05) is 25.6 Å². The number of hydrogen-bond donors (Lipinski definition) is 2. The van der Waals surface area contributed by atoms with E-state index in [1.54, 1.807) is 0 Å². The second-order valence-corrected chi connectivity index (χ2v) is 7.69. The van der Waals surface area contributed by atoms with Crippen LogP contribution >= 0.6 is 0 Å². The van der Waals surface area contributed by atoms with Crippen LogP contribution in [0.4, 0.5) is 18.9 Å². The lowest BCUT2D eigenvalue weighted by Crippen LogP contribution is -2.37. The Kier molecular flexibility index (Phi) is 8.50. The van der Waals surface area contributed by atoms with Gasteiger partial charge < -0.3 is 19.9 Å². The fraction of sp³-hybridized carbons (Fsp3) is 0.545. The van der Waals surface area contributed by atoms with Crippen LogP contribution in [0.15, 0.2) is 30.5 Å². The van der Waals surface area contributed by atoms with Crippen molar-refractivity contribution >= 4 is 17.4 Å². The average Bonchev–Trinajstić information content (AvgIpc) is 2.96. The highest BCUT2D eigenvalue weighted by molar-refractivity contribution is 5.88. The Hall–Kier alpha value is -2.55. The molecule has 0 heterocycles. The van der Waals surface area contributed by atoms with Gasteiger partial charge in [0.1, 0.15) is 5.92 Å². The van der Waals surface area contributed by atoms with E-state index in [4.69, 9.17) is 14.6 Å². The molecule has 0 aliphatic heterocycles. The monoisotopic (exact) mass is 443 g/mol. The molecule has 1 aliphatic carbocycles. The summed E-state index contributed by atoms with van der Waals surface area (Å²) in [5, 5.41) is 11.7. The van der Waals surface area contributed by atoms with Gasteiger partial charge in [-0.25, -0.2) is 0 Å². The van der Waals surface area contributed by atoms with Crippen LogP contribution < -0.4 is 5.32 Å². The highest BCUT2D eigenvalue weighted by atomic mass is 19.4. The Labute approximate surface area is 179 Å². The molecule has 1 fully saturated rings. The van der Waals surface area contributed by atoms with E-state index in [0.717, 1.165) is 16.8 Å². The van der Waals surface area contributed by atoms with E-state index in [1.165, 1.54) is 19.4 Å². The summed E-state index contributed by atoms with van der Waals surface area (Å²) in [5.41, 5.74) is 2.85. The topological polar surface area (TPSA) is 84.9 Å². The molecule has 1 aliphatic rings. The summed E-state index contributed by atoms with van der Waals surface area (Å²) >= 11 is 0. The van der Waals surface area contributed by atoms with Gasteiger partial charge in [-0.05, 0) is 49.6 Å². The number of nitrogens with one attached hydrogen (secondary N) is 1. The number of Topliss-reactive ketones (excluding diaryl/α,β-unsaturated/α-hetero) is 1. The first kappa shape index (κ1) is 24.7. The number of carbonyl (C=O) groups excluding carboxylic acids is 1. The molecule has 0 amide bonds. The molecule has 9 heteroatoms. The number of allylic oxidation sites excluding steroid dienone is 1. The van der Waals surface area contributed by atoms with Crippen molar-refractivity contribution in [3.63, 3.8) is 0 Å². The van der Waals surface area contributed by atoms with Crippen molar-refractivity contribution in [1.29, 1.82) is 0 Å². The molecule has 1 saturated carbocycles. The number of hydrogen-bond acceptors (Lipinski definition) is 5. The number of ketones is 1. The molecule has 0 bridgehead atoms. The average molecular weight is 443 g/mol. The zero-order valence-corrected chi connectivity index (χ0v) is 17.7. The third-order valence-electron chi connectivity index (χ3n) is 5.63. The van der Waals surface area contributed by atoms with E-state index >= 15 is 0 Å². The van der Waals surface area contributed by atoms with Crippen LogP contribution in [0.5, 0.6) is 0 Å². The molecule has 2 rings (SSSR count). The third kappa shape index (κ3) is 6.46. The molecule has 0 radical (unpaired) electrons. The number of carbonyl (C=O) groups is 2. The van der Waals surface area contributed by atoms with Gasteiger partial charge in [0.05, 0.1) is 25.4 Å². The van der Waals surface area contributed by atoms with Crippen molar-refractivity contribution in [2.24, 2.45) is 17.8 Å². The predicted molar refractivity (Wildman–Crippen MR) is 109 cm³/mol. The van der Waals surface area contributed by atoms with E-state index in [9.17, 15) is 22.8 Å². The predicted octanol–water partition coefficient (Wildman–Crippen LogP) is 4.12. The van der Waals surface area contributed by atoms with Gasteiger partial charge in [0, 0.05) is 31.2 Å². The summed E-state index contributed by atoms with van der Waals surface area (Å²) in [6.07, 6.45) is -3.30. The minimum absolute atomic E-state index is 0.0478. The Bertz CT molecular complexity index is 809. The molecule has 0 spiro atoms. The Morgan fingerprint density at radius 1 is 1.26 bits per heavy atom. The lowest BCUT2D eigenvalue weighted by atomic mass is 9.90. The number of ether oxygens (including phenoxy) is 2. The Balaban J connectivity index is 2.15.